The third-order valence-electron chi connectivity index (χ3n) is 2.59. The van der Waals surface area contributed by atoms with E-state index in [1.165, 1.54) is 0 Å². The van der Waals surface area contributed by atoms with E-state index in [-0.39, 0.29) is 0 Å². The lowest BCUT2D eigenvalue weighted by atomic mass is 9.98. The molecule has 0 bridgehead atoms. The molecule has 1 unspecified atom stereocenters. The summed E-state index contributed by atoms with van der Waals surface area (Å²) in [5.41, 5.74) is 0. The van der Waals surface area contributed by atoms with Crippen molar-refractivity contribution in [2.24, 2.45) is 0 Å². The lowest BCUT2D eigenvalue weighted by molar-refractivity contribution is -0.397. The van der Waals surface area contributed by atoms with Gasteiger partial charge in [0.25, 0.3) is 0 Å². The van der Waals surface area contributed by atoms with E-state index in [0.29, 0.717) is 6.08 Å². The first-order valence-electron chi connectivity index (χ1n) is 5.77. The van der Waals surface area contributed by atoms with Crippen molar-refractivity contribution >= 4 is 5.97 Å². The second-order valence-electron chi connectivity index (χ2n) is 4.38. The summed E-state index contributed by atoms with van der Waals surface area (Å²) in [5, 5.41) is 9.09. The number of aliphatic hydroxyl groups excluding tert-OH is 1. The first-order valence-corrected chi connectivity index (χ1v) is 5.77. The molecule has 0 aromatic heterocycles. The molecule has 0 fully saturated rings. The number of halogens is 9. The summed E-state index contributed by atoms with van der Waals surface area (Å²) in [6.45, 7) is 1.98. The Hall–Kier alpha value is -1.46. The highest BCUT2D eigenvalue weighted by atomic mass is 19.4. The van der Waals surface area contributed by atoms with E-state index in [1.807, 2.05) is 0 Å². The summed E-state index contributed by atoms with van der Waals surface area (Å²) in [7, 11) is 0. The largest absolute Gasteiger partial charge is 0.460 e. The second kappa shape index (κ2) is 6.97. The highest BCUT2D eigenvalue weighted by Gasteiger charge is 2.81. The van der Waals surface area contributed by atoms with Crippen LogP contribution in [0.4, 0.5) is 39.5 Å². The Balaban J connectivity index is 4.92. The predicted octanol–water partition coefficient (Wildman–Crippen LogP) is 3.32. The molecule has 0 radical (unpaired) electrons. The SMILES string of the molecule is C=CC(=O)OCC(O)CCC(F)(F)C(F)(F)C(F)(F)C(F)(F)F. The van der Waals surface area contributed by atoms with Crippen LogP contribution in [-0.4, -0.2) is 47.7 Å². The fraction of sp³-hybridized carbons (Fsp3) is 0.727. The highest BCUT2D eigenvalue weighted by molar-refractivity contribution is 5.81. The lowest BCUT2D eigenvalue weighted by Crippen LogP contribution is -2.60. The van der Waals surface area contributed by atoms with Gasteiger partial charge in [-0.05, 0) is 6.42 Å². The number of hydrogen-bond donors (Lipinski definition) is 1. The Morgan fingerprint density at radius 3 is 1.91 bits per heavy atom. The number of alkyl halides is 9. The molecule has 0 saturated carbocycles. The Labute approximate surface area is 123 Å². The summed E-state index contributed by atoms with van der Waals surface area (Å²) in [5.74, 6) is -20.6. The number of carbonyl (C=O) groups is 1. The number of esters is 1. The van der Waals surface area contributed by atoms with Gasteiger partial charge in [0, 0.05) is 12.5 Å². The van der Waals surface area contributed by atoms with Gasteiger partial charge in [0.15, 0.2) is 0 Å². The van der Waals surface area contributed by atoms with E-state index in [0.717, 1.165) is 0 Å². The molecule has 0 aromatic rings. The van der Waals surface area contributed by atoms with E-state index >= 15 is 0 Å². The first-order chi connectivity index (χ1) is 10.1. The lowest BCUT2D eigenvalue weighted by Gasteiger charge is -2.33. The molecule has 0 rings (SSSR count). The molecule has 0 heterocycles. The van der Waals surface area contributed by atoms with Gasteiger partial charge in [-0.1, -0.05) is 6.58 Å². The minimum absolute atomic E-state index is 0.624. The van der Waals surface area contributed by atoms with Crippen LogP contribution >= 0.6 is 0 Å². The monoisotopic (exact) mass is 362 g/mol. The Kier molecular flexibility index (Phi) is 6.53. The molecular formula is C11H11F9O3. The third kappa shape index (κ3) is 4.75. The number of carbonyl (C=O) groups excluding carboxylic acids is 1. The number of ether oxygens (including phenoxy) is 1. The van der Waals surface area contributed by atoms with Crippen molar-refractivity contribution < 1.29 is 54.2 Å². The zero-order chi connectivity index (χ0) is 18.7. The molecule has 0 amide bonds. The maximum atomic E-state index is 13.1. The maximum Gasteiger partial charge on any atom is 0.460 e. The van der Waals surface area contributed by atoms with Crippen LogP contribution in [0.2, 0.25) is 0 Å². The first kappa shape index (κ1) is 21.5. The van der Waals surface area contributed by atoms with Gasteiger partial charge in [0.1, 0.15) is 6.61 Å². The molecule has 1 atom stereocenters. The average molecular weight is 362 g/mol. The van der Waals surface area contributed by atoms with E-state index in [9.17, 15) is 44.3 Å². The van der Waals surface area contributed by atoms with Crippen molar-refractivity contribution in [3.05, 3.63) is 12.7 Å². The van der Waals surface area contributed by atoms with Crippen molar-refractivity contribution in [2.75, 3.05) is 6.61 Å². The normalized spacial score (nSPS) is 15.2. The number of aliphatic hydroxyl groups is 1. The van der Waals surface area contributed by atoms with Crippen LogP contribution in [0.5, 0.6) is 0 Å². The van der Waals surface area contributed by atoms with Crippen LogP contribution in [0.3, 0.4) is 0 Å². The molecular weight excluding hydrogens is 351 g/mol. The molecule has 12 heteroatoms. The number of rotatable bonds is 8. The standard InChI is InChI=1S/C11H11F9O3/c1-2-7(22)23-5-6(21)3-4-8(12,13)9(14,15)10(16,17)11(18,19)20/h2,6,21H,1,3-5H2. The van der Waals surface area contributed by atoms with E-state index in [4.69, 9.17) is 5.11 Å². The molecule has 3 nitrogen and oxygen atoms in total. The van der Waals surface area contributed by atoms with Crippen molar-refractivity contribution in [1.82, 2.24) is 0 Å². The Bertz CT molecular complexity index is 431. The van der Waals surface area contributed by atoms with E-state index in [1.54, 1.807) is 0 Å². The van der Waals surface area contributed by atoms with Gasteiger partial charge in [-0.25, -0.2) is 4.79 Å². The van der Waals surface area contributed by atoms with Gasteiger partial charge in [0.05, 0.1) is 6.10 Å². The summed E-state index contributed by atoms with van der Waals surface area (Å²) in [6.07, 6.45) is -11.8. The van der Waals surface area contributed by atoms with Crippen molar-refractivity contribution in [3.8, 4) is 0 Å². The maximum absolute atomic E-state index is 13.1. The van der Waals surface area contributed by atoms with E-state index in [2.05, 4.69) is 11.3 Å². The fourth-order valence-corrected chi connectivity index (χ4v) is 1.23. The van der Waals surface area contributed by atoms with Crippen LogP contribution < -0.4 is 0 Å². The number of hydrogen-bond acceptors (Lipinski definition) is 3. The second-order valence-corrected chi connectivity index (χ2v) is 4.38. The fourth-order valence-electron chi connectivity index (χ4n) is 1.23. The molecule has 0 spiro atoms. The zero-order valence-corrected chi connectivity index (χ0v) is 11.1. The highest BCUT2D eigenvalue weighted by Crippen LogP contribution is 2.54. The van der Waals surface area contributed by atoms with Gasteiger partial charge in [-0.2, -0.15) is 39.5 Å². The Morgan fingerprint density at radius 1 is 1.04 bits per heavy atom. The summed E-state index contributed by atoms with van der Waals surface area (Å²) < 4.78 is 117. The molecule has 0 aromatic carbocycles. The van der Waals surface area contributed by atoms with Crippen LogP contribution in [0, 0.1) is 0 Å². The quantitative estimate of drug-likeness (QED) is 0.409. The van der Waals surface area contributed by atoms with Crippen molar-refractivity contribution in [3.63, 3.8) is 0 Å². The predicted molar refractivity (Wildman–Crippen MR) is 57.3 cm³/mol. The van der Waals surface area contributed by atoms with Gasteiger partial charge in [-0.3, -0.25) is 0 Å². The molecule has 1 N–H and O–H groups in total. The molecule has 23 heavy (non-hydrogen) atoms. The van der Waals surface area contributed by atoms with Crippen LogP contribution in [0.15, 0.2) is 12.7 Å². The molecule has 136 valence electrons. The minimum Gasteiger partial charge on any atom is -0.460 e. The van der Waals surface area contributed by atoms with Crippen LogP contribution in [-0.2, 0) is 9.53 Å². The van der Waals surface area contributed by atoms with Gasteiger partial charge in [-0.15, -0.1) is 0 Å². The zero-order valence-electron chi connectivity index (χ0n) is 11.1. The minimum atomic E-state index is -6.97. The van der Waals surface area contributed by atoms with Gasteiger partial charge in [0.2, 0.25) is 0 Å². The van der Waals surface area contributed by atoms with Gasteiger partial charge >= 0.3 is 29.9 Å². The summed E-state index contributed by atoms with van der Waals surface area (Å²) >= 11 is 0. The van der Waals surface area contributed by atoms with E-state index < -0.39 is 55.5 Å². The van der Waals surface area contributed by atoms with Crippen LogP contribution in [0.25, 0.3) is 0 Å². The molecule has 0 saturated heterocycles. The van der Waals surface area contributed by atoms with Crippen LogP contribution in [0.1, 0.15) is 12.8 Å². The van der Waals surface area contributed by atoms with Crippen molar-refractivity contribution in [2.45, 2.75) is 42.9 Å². The molecule has 0 aliphatic carbocycles. The topological polar surface area (TPSA) is 46.5 Å². The Morgan fingerprint density at radius 2 is 1.52 bits per heavy atom. The average Bonchev–Trinajstić information content (AvgIpc) is 2.40. The molecule has 0 aliphatic heterocycles. The van der Waals surface area contributed by atoms with Gasteiger partial charge < -0.3 is 9.84 Å². The smallest absolute Gasteiger partial charge is 0.460 e. The molecule has 0 aliphatic rings. The van der Waals surface area contributed by atoms with Crippen molar-refractivity contribution in [1.29, 1.82) is 0 Å². The summed E-state index contributed by atoms with van der Waals surface area (Å²) in [4.78, 5) is 10.6. The third-order valence-corrected chi connectivity index (χ3v) is 2.59. The summed E-state index contributed by atoms with van der Waals surface area (Å²) in [6, 6.07) is 0.